The molecule has 5 heteroatoms. The molecule has 2 rings (SSSR count). The van der Waals surface area contributed by atoms with E-state index < -0.39 is 0 Å². The van der Waals surface area contributed by atoms with Crippen LogP contribution in [0.3, 0.4) is 0 Å². The number of carbonyl (C=O) groups excluding carboxylic acids is 1. The van der Waals surface area contributed by atoms with Gasteiger partial charge < -0.3 is 9.47 Å². The second kappa shape index (κ2) is 4.45. The fourth-order valence-corrected chi connectivity index (χ4v) is 2.49. The van der Waals surface area contributed by atoms with Gasteiger partial charge in [0.25, 0.3) is 0 Å². The summed E-state index contributed by atoms with van der Waals surface area (Å²) in [7, 11) is 0. The lowest BCUT2D eigenvalue weighted by Crippen LogP contribution is -1.92. The van der Waals surface area contributed by atoms with Gasteiger partial charge in [-0.2, -0.15) is 0 Å². The first-order chi connectivity index (χ1) is 7.16. The Morgan fingerprint density at radius 1 is 1.47 bits per heavy atom. The van der Waals surface area contributed by atoms with Crippen molar-refractivity contribution in [2.24, 2.45) is 0 Å². The summed E-state index contributed by atoms with van der Waals surface area (Å²) < 4.78 is 11.4. The minimum Gasteiger partial charge on any atom is -0.454 e. The third kappa shape index (κ3) is 2.46. The van der Waals surface area contributed by atoms with Crippen molar-refractivity contribution in [2.75, 3.05) is 6.79 Å². The quantitative estimate of drug-likeness (QED) is 0.838. The number of fused-ring (bicyclic) bond motifs is 1. The van der Waals surface area contributed by atoms with Gasteiger partial charge in [-0.25, -0.2) is 0 Å². The summed E-state index contributed by atoms with van der Waals surface area (Å²) in [6.07, 6.45) is 0. The Bertz CT molecular complexity index is 406. The summed E-state index contributed by atoms with van der Waals surface area (Å²) in [5.74, 6) is 2.14. The summed E-state index contributed by atoms with van der Waals surface area (Å²) in [5.41, 5.74) is 1.04. The highest BCUT2D eigenvalue weighted by molar-refractivity contribution is 9.10. The molecule has 3 nitrogen and oxygen atoms in total. The average molecular weight is 289 g/mol. The number of rotatable bonds is 2. The van der Waals surface area contributed by atoms with Crippen LogP contribution in [0.2, 0.25) is 0 Å². The van der Waals surface area contributed by atoms with Gasteiger partial charge in [0.05, 0.1) is 0 Å². The van der Waals surface area contributed by atoms with Gasteiger partial charge >= 0.3 is 0 Å². The molecular formula is C10H9BrO3S. The van der Waals surface area contributed by atoms with Crippen LogP contribution in [0.4, 0.5) is 0 Å². The summed E-state index contributed by atoms with van der Waals surface area (Å²) in [6.45, 7) is 1.83. The molecule has 15 heavy (non-hydrogen) atoms. The standard InChI is InChI=1S/C10H9BrO3S/c1-6(12)15-4-7-2-9-10(3-8(7)11)14-5-13-9/h2-3H,4-5H2,1H3. The Morgan fingerprint density at radius 3 is 2.80 bits per heavy atom. The maximum atomic E-state index is 10.9. The number of thioether (sulfide) groups is 1. The minimum absolute atomic E-state index is 0.111. The lowest BCUT2D eigenvalue weighted by molar-refractivity contribution is -0.109. The van der Waals surface area contributed by atoms with Gasteiger partial charge in [-0.15, -0.1) is 0 Å². The molecular weight excluding hydrogens is 280 g/mol. The van der Waals surface area contributed by atoms with E-state index in [4.69, 9.17) is 9.47 Å². The third-order valence-electron chi connectivity index (χ3n) is 1.97. The Hall–Kier alpha value is -0.680. The SMILES string of the molecule is CC(=O)SCc1cc2c(cc1Br)OCO2. The van der Waals surface area contributed by atoms with Crippen LogP contribution in [-0.2, 0) is 10.5 Å². The first-order valence-corrected chi connectivity index (χ1v) is 6.16. The smallest absolute Gasteiger partial charge is 0.231 e. The van der Waals surface area contributed by atoms with E-state index in [-0.39, 0.29) is 11.9 Å². The molecule has 0 bridgehead atoms. The van der Waals surface area contributed by atoms with Crippen LogP contribution in [0.5, 0.6) is 11.5 Å². The van der Waals surface area contributed by atoms with Crippen LogP contribution in [0, 0.1) is 0 Å². The molecule has 1 aliphatic heterocycles. The van der Waals surface area contributed by atoms with E-state index in [0.717, 1.165) is 21.5 Å². The maximum Gasteiger partial charge on any atom is 0.231 e. The predicted octanol–water partition coefficient (Wildman–Crippen LogP) is 2.96. The van der Waals surface area contributed by atoms with Crippen molar-refractivity contribution in [1.82, 2.24) is 0 Å². The fourth-order valence-electron chi connectivity index (χ4n) is 1.25. The molecule has 1 heterocycles. The molecule has 1 aromatic rings. The lowest BCUT2D eigenvalue weighted by Gasteiger charge is -2.04. The second-order valence-electron chi connectivity index (χ2n) is 3.08. The van der Waals surface area contributed by atoms with Crippen LogP contribution in [0.25, 0.3) is 0 Å². The zero-order chi connectivity index (χ0) is 10.8. The largest absolute Gasteiger partial charge is 0.454 e. The second-order valence-corrected chi connectivity index (χ2v) is 5.08. The molecule has 0 fully saturated rings. The van der Waals surface area contributed by atoms with Gasteiger partial charge in [-0.05, 0) is 17.7 Å². The Kier molecular flexibility index (Phi) is 3.21. The normalized spacial score (nSPS) is 12.9. The molecule has 1 aliphatic rings. The monoisotopic (exact) mass is 288 g/mol. The lowest BCUT2D eigenvalue weighted by atomic mass is 10.2. The van der Waals surface area contributed by atoms with Gasteiger partial charge in [0.15, 0.2) is 16.6 Å². The Morgan fingerprint density at radius 2 is 2.13 bits per heavy atom. The molecule has 0 aromatic heterocycles. The van der Waals surface area contributed by atoms with Gasteiger partial charge in [0.2, 0.25) is 6.79 Å². The van der Waals surface area contributed by atoms with Gasteiger partial charge in [-0.3, -0.25) is 4.79 Å². The first kappa shape index (κ1) is 10.8. The van der Waals surface area contributed by atoms with Crippen molar-refractivity contribution in [2.45, 2.75) is 12.7 Å². The van der Waals surface area contributed by atoms with E-state index in [1.54, 1.807) is 6.92 Å². The van der Waals surface area contributed by atoms with E-state index in [0.29, 0.717) is 5.75 Å². The highest BCUT2D eigenvalue weighted by atomic mass is 79.9. The highest BCUT2D eigenvalue weighted by Gasteiger charge is 2.16. The maximum absolute atomic E-state index is 10.9. The summed E-state index contributed by atoms with van der Waals surface area (Å²) in [4.78, 5) is 10.9. The molecule has 1 aromatic carbocycles. The molecule has 0 unspecified atom stereocenters. The summed E-state index contributed by atoms with van der Waals surface area (Å²) >= 11 is 4.72. The fraction of sp³-hybridized carbons (Fsp3) is 0.300. The van der Waals surface area contributed by atoms with E-state index in [9.17, 15) is 4.79 Å². The first-order valence-electron chi connectivity index (χ1n) is 4.38. The number of hydrogen-bond donors (Lipinski definition) is 0. The number of hydrogen-bond acceptors (Lipinski definition) is 4. The van der Waals surface area contributed by atoms with Crippen molar-refractivity contribution in [1.29, 1.82) is 0 Å². The van der Waals surface area contributed by atoms with E-state index in [2.05, 4.69) is 15.9 Å². The van der Waals surface area contributed by atoms with Crippen molar-refractivity contribution >= 4 is 32.8 Å². The molecule has 0 atom stereocenters. The van der Waals surface area contributed by atoms with E-state index in [1.165, 1.54) is 11.8 Å². The van der Waals surface area contributed by atoms with E-state index >= 15 is 0 Å². The third-order valence-corrected chi connectivity index (χ3v) is 3.57. The molecule has 0 aliphatic carbocycles. The Balaban J connectivity index is 2.21. The molecule has 0 spiro atoms. The summed E-state index contributed by atoms with van der Waals surface area (Å²) in [5, 5.41) is 0.111. The zero-order valence-electron chi connectivity index (χ0n) is 8.08. The average Bonchev–Trinajstić information content (AvgIpc) is 2.60. The van der Waals surface area contributed by atoms with Crippen LogP contribution in [0.1, 0.15) is 12.5 Å². The minimum atomic E-state index is 0.111. The molecule has 0 amide bonds. The van der Waals surface area contributed by atoms with Crippen molar-refractivity contribution in [3.63, 3.8) is 0 Å². The Labute approximate surface area is 100 Å². The van der Waals surface area contributed by atoms with Crippen molar-refractivity contribution in [3.05, 3.63) is 22.2 Å². The molecule has 0 saturated carbocycles. The van der Waals surface area contributed by atoms with E-state index in [1.807, 2.05) is 12.1 Å². The molecule has 0 radical (unpaired) electrons. The predicted molar refractivity (Wildman–Crippen MR) is 62.2 cm³/mol. The van der Waals surface area contributed by atoms with Crippen molar-refractivity contribution in [3.8, 4) is 11.5 Å². The van der Waals surface area contributed by atoms with Gasteiger partial charge in [0, 0.05) is 17.1 Å². The molecule has 0 saturated heterocycles. The summed E-state index contributed by atoms with van der Waals surface area (Å²) in [6, 6.07) is 3.78. The number of halogens is 1. The zero-order valence-corrected chi connectivity index (χ0v) is 10.5. The van der Waals surface area contributed by atoms with Crippen LogP contribution in [-0.4, -0.2) is 11.9 Å². The van der Waals surface area contributed by atoms with Gasteiger partial charge in [0.1, 0.15) is 0 Å². The number of benzene rings is 1. The van der Waals surface area contributed by atoms with Crippen molar-refractivity contribution < 1.29 is 14.3 Å². The highest BCUT2D eigenvalue weighted by Crippen LogP contribution is 2.38. The number of ether oxygens (including phenoxy) is 2. The van der Waals surface area contributed by atoms with Gasteiger partial charge in [-0.1, -0.05) is 27.7 Å². The van der Waals surface area contributed by atoms with Crippen LogP contribution < -0.4 is 9.47 Å². The molecule has 0 N–H and O–H groups in total. The number of carbonyl (C=O) groups is 1. The molecule has 80 valence electrons. The van der Waals surface area contributed by atoms with Crippen LogP contribution >= 0.6 is 27.7 Å². The van der Waals surface area contributed by atoms with Crippen LogP contribution in [0.15, 0.2) is 16.6 Å². The topological polar surface area (TPSA) is 35.5 Å².